The Labute approximate surface area is 165 Å². The zero-order chi connectivity index (χ0) is 19.3. The van der Waals surface area contributed by atoms with Gasteiger partial charge in [-0.1, -0.05) is 25.4 Å². The van der Waals surface area contributed by atoms with Gasteiger partial charge in [0, 0.05) is 36.5 Å². The van der Waals surface area contributed by atoms with E-state index in [4.69, 9.17) is 16.7 Å². The van der Waals surface area contributed by atoms with Crippen molar-refractivity contribution in [2.75, 3.05) is 11.4 Å². The maximum atomic E-state index is 6.80. The Morgan fingerprint density at radius 3 is 2.67 bits per heavy atom. The lowest BCUT2D eigenvalue weighted by atomic mass is 10.1. The van der Waals surface area contributed by atoms with Crippen LogP contribution in [0.2, 0.25) is 5.15 Å². The summed E-state index contributed by atoms with van der Waals surface area (Å²) in [6.45, 7) is 12.3. The van der Waals surface area contributed by atoms with Crippen molar-refractivity contribution in [1.29, 1.82) is 0 Å². The first-order valence-electron chi connectivity index (χ1n) is 9.68. The predicted octanol–water partition coefficient (Wildman–Crippen LogP) is 4.50. The average Bonchev–Trinajstić information content (AvgIpc) is 3.24. The van der Waals surface area contributed by atoms with E-state index in [9.17, 15) is 0 Å². The molecule has 1 saturated heterocycles. The minimum Gasteiger partial charge on any atom is -0.349 e. The molecule has 0 spiro atoms. The maximum absolute atomic E-state index is 6.80. The summed E-state index contributed by atoms with van der Waals surface area (Å²) < 4.78 is 3.92. The summed E-state index contributed by atoms with van der Waals surface area (Å²) in [5.74, 6) is 1.59. The second-order valence-corrected chi connectivity index (χ2v) is 8.39. The third-order valence-corrected chi connectivity index (χ3v) is 5.59. The first-order chi connectivity index (χ1) is 12.8. The van der Waals surface area contributed by atoms with Crippen LogP contribution in [0.25, 0.3) is 5.65 Å². The zero-order valence-electron chi connectivity index (χ0n) is 16.7. The summed E-state index contributed by atoms with van der Waals surface area (Å²) in [4.78, 5) is 7.05. The molecule has 27 heavy (non-hydrogen) atoms. The lowest BCUT2D eigenvalue weighted by molar-refractivity contribution is 0.481. The van der Waals surface area contributed by atoms with Crippen LogP contribution in [0.4, 0.5) is 5.82 Å². The highest BCUT2D eigenvalue weighted by molar-refractivity contribution is 6.30. The summed E-state index contributed by atoms with van der Waals surface area (Å²) in [7, 11) is 0. The molecular formula is C20H27ClN6. The van der Waals surface area contributed by atoms with E-state index >= 15 is 0 Å². The zero-order valence-corrected chi connectivity index (χ0v) is 17.5. The van der Waals surface area contributed by atoms with Gasteiger partial charge in [-0.15, -0.1) is 0 Å². The minimum atomic E-state index is 0.216. The Kier molecular flexibility index (Phi) is 4.62. The number of hydrogen-bond acceptors (Lipinski definition) is 4. The lowest BCUT2D eigenvalue weighted by Crippen LogP contribution is -2.26. The van der Waals surface area contributed by atoms with Crippen LogP contribution in [0, 0.1) is 26.7 Å². The van der Waals surface area contributed by atoms with Crippen molar-refractivity contribution in [3.05, 3.63) is 39.9 Å². The third kappa shape index (κ3) is 3.20. The Hall–Kier alpha value is -2.08. The second kappa shape index (κ2) is 6.82. The van der Waals surface area contributed by atoms with Crippen molar-refractivity contribution in [3.63, 3.8) is 0 Å². The van der Waals surface area contributed by atoms with Crippen LogP contribution >= 0.6 is 11.6 Å². The third-order valence-electron chi connectivity index (χ3n) is 5.19. The molecule has 0 amide bonds. The van der Waals surface area contributed by atoms with Gasteiger partial charge in [0.15, 0.2) is 5.65 Å². The number of rotatable bonds is 4. The van der Waals surface area contributed by atoms with E-state index in [0.717, 1.165) is 65.2 Å². The summed E-state index contributed by atoms with van der Waals surface area (Å²) >= 11 is 6.80. The van der Waals surface area contributed by atoms with Crippen molar-refractivity contribution >= 4 is 23.1 Å². The van der Waals surface area contributed by atoms with Gasteiger partial charge in [-0.25, -0.2) is 4.98 Å². The molecule has 4 heterocycles. The first kappa shape index (κ1) is 18.3. The molecule has 6 nitrogen and oxygen atoms in total. The molecule has 0 N–H and O–H groups in total. The fraction of sp³-hybridized carbons (Fsp3) is 0.550. The molecule has 4 rings (SSSR count). The van der Waals surface area contributed by atoms with Gasteiger partial charge in [0.25, 0.3) is 0 Å². The number of fused-ring (bicyclic) bond motifs is 1. The molecule has 0 saturated carbocycles. The van der Waals surface area contributed by atoms with Gasteiger partial charge in [-0.2, -0.15) is 14.7 Å². The SMILES string of the molecule is Cc1cc(N2CCCC2c2c(C)nn(CC(C)C)c2Cl)n2nc(C)cc2n1. The van der Waals surface area contributed by atoms with E-state index in [2.05, 4.69) is 41.8 Å². The van der Waals surface area contributed by atoms with Crippen LogP contribution in [0.3, 0.4) is 0 Å². The van der Waals surface area contributed by atoms with Crippen LogP contribution in [0.5, 0.6) is 0 Å². The van der Waals surface area contributed by atoms with Crippen LogP contribution in [0.15, 0.2) is 12.1 Å². The summed E-state index contributed by atoms with van der Waals surface area (Å²) in [6, 6.07) is 4.37. The number of hydrogen-bond donors (Lipinski definition) is 0. The molecule has 1 fully saturated rings. The molecule has 0 bridgehead atoms. The average molecular weight is 387 g/mol. The van der Waals surface area contributed by atoms with E-state index in [-0.39, 0.29) is 6.04 Å². The molecule has 1 aliphatic rings. The molecule has 1 unspecified atom stereocenters. The Morgan fingerprint density at radius 1 is 1.15 bits per heavy atom. The fourth-order valence-corrected chi connectivity index (χ4v) is 4.52. The van der Waals surface area contributed by atoms with Crippen molar-refractivity contribution in [1.82, 2.24) is 24.4 Å². The standard InChI is InChI=1S/C20H27ClN6/c1-12(2)11-26-20(21)19(15(5)24-26)16-7-6-8-25(16)18-10-13(3)22-17-9-14(4)23-27(17)18/h9-10,12,16H,6-8,11H2,1-5H3. The fourth-order valence-electron chi connectivity index (χ4n) is 4.15. The highest BCUT2D eigenvalue weighted by atomic mass is 35.5. The Bertz CT molecular complexity index is 986. The van der Waals surface area contributed by atoms with E-state index in [1.807, 2.05) is 29.1 Å². The van der Waals surface area contributed by atoms with Crippen LogP contribution in [-0.2, 0) is 6.54 Å². The molecule has 1 aliphatic heterocycles. The predicted molar refractivity (Wildman–Crippen MR) is 109 cm³/mol. The quantitative estimate of drug-likeness (QED) is 0.662. The van der Waals surface area contributed by atoms with Crippen molar-refractivity contribution in [3.8, 4) is 0 Å². The van der Waals surface area contributed by atoms with Gasteiger partial charge in [0.2, 0.25) is 0 Å². The summed E-state index contributed by atoms with van der Waals surface area (Å²) in [6.07, 6.45) is 2.19. The van der Waals surface area contributed by atoms with Crippen LogP contribution in [-0.4, -0.2) is 30.9 Å². The highest BCUT2D eigenvalue weighted by Crippen LogP contribution is 2.40. The van der Waals surface area contributed by atoms with Crippen molar-refractivity contribution in [2.45, 2.75) is 60.0 Å². The molecule has 144 valence electrons. The number of aryl methyl sites for hydroxylation is 3. The van der Waals surface area contributed by atoms with Crippen LogP contribution in [0.1, 0.15) is 55.4 Å². The topological polar surface area (TPSA) is 51.2 Å². The number of anilines is 1. The molecule has 7 heteroatoms. The van der Waals surface area contributed by atoms with Crippen LogP contribution < -0.4 is 4.90 Å². The molecule has 1 atom stereocenters. The number of halogens is 1. The largest absolute Gasteiger partial charge is 0.349 e. The molecule has 0 aromatic carbocycles. The second-order valence-electron chi connectivity index (χ2n) is 8.03. The van der Waals surface area contributed by atoms with Gasteiger partial charge in [-0.3, -0.25) is 4.68 Å². The molecule has 0 radical (unpaired) electrons. The number of nitrogens with zero attached hydrogens (tertiary/aromatic N) is 6. The van der Waals surface area contributed by atoms with E-state index < -0.39 is 0 Å². The molecule has 3 aromatic heterocycles. The molecule has 3 aromatic rings. The maximum Gasteiger partial charge on any atom is 0.157 e. The van der Waals surface area contributed by atoms with Gasteiger partial charge in [-0.05, 0) is 39.5 Å². The van der Waals surface area contributed by atoms with E-state index in [0.29, 0.717) is 5.92 Å². The van der Waals surface area contributed by atoms with Gasteiger partial charge >= 0.3 is 0 Å². The van der Waals surface area contributed by atoms with Crippen molar-refractivity contribution in [2.24, 2.45) is 5.92 Å². The number of aromatic nitrogens is 5. The van der Waals surface area contributed by atoms with Gasteiger partial charge in [0.05, 0.1) is 17.4 Å². The monoisotopic (exact) mass is 386 g/mol. The summed E-state index contributed by atoms with van der Waals surface area (Å²) in [5, 5.41) is 10.2. The van der Waals surface area contributed by atoms with E-state index in [1.165, 1.54) is 0 Å². The molecular weight excluding hydrogens is 360 g/mol. The first-order valence-corrected chi connectivity index (χ1v) is 10.1. The van der Waals surface area contributed by atoms with Gasteiger partial charge in [0.1, 0.15) is 11.0 Å². The Balaban J connectivity index is 1.79. The minimum absolute atomic E-state index is 0.216. The highest BCUT2D eigenvalue weighted by Gasteiger charge is 2.33. The smallest absolute Gasteiger partial charge is 0.157 e. The normalized spacial score (nSPS) is 17.6. The Morgan fingerprint density at radius 2 is 1.93 bits per heavy atom. The molecule has 0 aliphatic carbocycles. The lowest BCUT2D eigenvalue weighted by Gasteiger charge is -2.27. The van der Waals surface area contributed by atoms with Gasteiger partial charge < -0.3 is 4.90 Å². The van der Waals surface area contributed by atoms with E-state index in [1.54, 1.807) is 0 Å². The van der Waals surface area contributed by atoms with Crippen molar-refractivity contribution < 1.29 is 0 Å². The summed E-state index contributed by atoms with van der Waals surface area (Å²) in [5.41, 5.74) is 5.05.